The maximum absolute atomic E-state index is 12.1. The third kappa shape index (κ3) is 4.40. The number of nitrogens with two attached hydrogens (primary N) is 2. The van der Waals surface area contributed by atoms with Crippen LogP contribution in [0.3, 0.4) is 0 Å². The summed E-state index contributed by atoms with van der Waals surface area (Å²) in [5, 5.41) is 2.72. The van der Waals surface area contributed by atoms with E-state index in [4.69, 9.17) is 27.8 Å². The summed E-state index contributed by atoms with van der Waals surface area (Å²) in [6, 6.07) is 6.31. The van der Waals surface area contributed by atoms with Crippen LogP contribution in [0.15, 0.2) is 29.4 Å². The summed E-state index contributed by atoms with van der Waals surface area (Å²) in [6.07, 6.45) is -0.647. The van der Waals surface area contributed by atoms with Crippen molar-refractivity contribution in [2.24, 2.45) is 16.6 Å². The topological polar surface area (TPSA) is 111 Å². The number of halogens is 1. The second kappa shape index (κ2) is 6.60. The molecule has 1 amide bonds. The van der Waals surface area contributed by atoms with Gasteiger partial charge in [0, 0.05) is 12.6 Å². The molecule has 122 valence electrons. The van der Waals surface area contributed by atoms with Gasteiger partial charge in [0.25, 0.3) is 0 Å². The van der Waals surface area contributed by atoms with Gasteiger partial charge in [-0.2, -0.15) is 0 Å². The molecule has 8 heteroatoms. The summed E-state index contributed by atoms with van der Waals surface area (Å²) in [4.78, 5) is 23.6. The van der Waals surface area contributed by atoms with E-state index in [9.17, 15) is 9.70 Å². The van der Waals surface area contributed by atoms with Gasteiger partial charge in [0.2, 0.25) is 0 Å². The Balaban J connectivity index is 2.97. The SMILES string of the molecule is CN(C(=O)OC(C)(C)C)C(N)(N)c1ccc(C(Cl)N=O)cc1. The lowest BCUT2D eigenvalue weighted by molar-refractivity contribution is 0.00589. The average Bonchev–Trinajstić information content (AvgIpc) is 2.43. The third-order valence-electron chi connectivity index (χ3n) is 2.96. The molecule has 22 heavy (non-hydrogen) atoms. The molecule has 0 heterocycles. The summed E-state index contributed by atoms with van der Waals surface area (Å²) >= 11 is 5.72. The molecule has 0 saturated carbocycles. The second-order valence-corrected chi connectivity index (χ2v) is 6.34. The summed E-state index contributed by atoms with van der Waals surface area (Å²) in [6.45, 7) is 5.24. The molecule has 0 spiro atoms. The van der Waals surface area contributed by atoms with Gasteiger partial charge in [-0.25, -0.2) is 4.79 Å². The molecule has 0 aliphatic carbocycles. The van der Waals surface area contributed by atoms with Crippen molar-refractivity contribution in [3.8, 4) is 0 Å². The van der Waals surface area contributed by atoms with Crippen LogP contribution >= 0.6 is 11.6 Å². The number of ether oxygens (including phenoxy) is 1. The van der Waals surface area contributed by atoms with Gasteiger partial charge in [-0.3, -0.25) is 16.4 Å². The van der Waals surface area contributed by atoms with Crippen molar-refractivity contribution in [2.45, 2.75) is 37.7 Å². The zero-order valence-corrected chi connectivity index (χ0v) is 13.8. The fourth-order valence-electron chi connectivity index (χ4n) is 1.64. The lowest BCUT2D eigenvalue weighted by Gasteiger charge is -2.36. The number of alkyl halides is 1. The minimum absolute atomic E-state index is 0.458. The van der Waals surface area contributed by atoms with Gasteiger partial charge in [-0.15, -0.1) is 4.91 Å². The Labute approximate surface area is 134 Å². The molecule has 1 unspecified atom stereocenters. The van der Waals surface area contributed by atoms with Crippen LogP contribution in [0.4, 0.5) is 4.79 Å². The highest BCUT2D eigenvalue weighted by atomic mass is 35.5. The molecule has 1 aromatic rings. The maximum atomic E-state index is 12.1. The average molecular weight is 329 g/mol. The molecule has 0 aliphatic heterocycles. The van der Waals surface area contributed by atoms with Crippen molar-refractivity contribution in [1.82, 2.24) is 4.90 Å². The predicted octanol–water partition coefficient (Wildman–Crippen LogP) is 2.59. The minimum atomic E-state index is -1.57. The van der Waals surface area contributed by atoms with Gasteiger partial charge >= 0.3 is 6.09 Å². The van der Waals surface area contributed by atoms with Crippen molar-refractivity contribution in [2.75, 3.05) is 7.05 Å². The fourth-order valence-corrected chi connectivity index (χ4v) is 1.79. The van der Waals surface area contributed by atoms with E-state index in [-0.39, 0.29) is 0 Å². The number of nitroso groups, excluding NO2 is 1. The molecule has 0 saturated heterocycles. The summed E-state index contributed by atoms with van der Waals surface area (Å²) < 4.78 is 5.24. The Kier molecular flexibility index (Phi) is 5.50. The van der Waals surface area contributed by atoms with E-state index in [1.165, 1.54) is 7.05 Å². The highest BCUT2D eigenvalue weighted by molar-refractivity contribution is 6.20. The van der Waals surface area contributed by atoms with Crippen LogP contribution in [0.25, 0.3) is 0 Å². The predicted molar refractivity (Wildman–Crippen MR) is 84.9 cm³/mol. The van der Waals surface area contributed by atoms with E-state index in [0.717, 1.165) is 4.90 Å². The van der Waals surface area contributed by atoms with Crippen LogP contribution in [-0.4, -0.2) is 23.6 Å². The van der Waals surface area contributed by atoms with Gasteiger partial charge in [-0.1, -0.05) is 35.9 Å². The normalized spacial score (nSPS) is 13.4. The minimum Gasteiger partial charge on any atom is -0.444 e. The van der Waals surface area contributed by atoms with Gasteiger partial charge in [0.05, 0.1) is 0 Å². The number of carbonyl (C=O) groups is 1. The standard InChI is InChI=1S/C14H21ClN4O3/c1-13(2,3)22-12(20)19(4)14(16,17)10-7-5-9(6-8-10)11(15)18-21/h5-8,11H,16-17H2,1-4H3. The molecule has 7 nitrogen and oxygen atoms in total. The molecular weight excluding hydrogens is 308 g/mol. The van der Waals surface area contributed by atoms with Crippen LogP contribution in [0.2, 0.25) is 0 Å². The van der Waals surface area contributed by atoms with Crippen LogP contribution in [-0.2, 0) is 10.5 Å². The van der Waals surface area contributed by atoms with Crippen molar-refractivity contribution in [3.05, 3.63) is 40.3 Å². The zero-order valence-electron chi connectivity index (χ0n) is 13.0. The molecule has 0 bridgehead atoms. The van der Waals surface area contributed by atoms with Crippen molar-refractivity contribution < 1.29 is 9.53 Å². The van der Waals surface area contributed by atoms with E-state index in [1.54, 1.807) is 45.0 Å². The first-order valence-electron chi connectivity index (χ1n) is 6.60. The molecular formula is C14H21ClN4O3. The Morgan fingerprint density at radius 2 is 1.77 bits per heavy atom. The van der Waals surface area contributed by atoms with Crippen LogP contribution in [0.5, 0.6) is 0 Å². The highest BCUT2D eigenvalue weighted by Gasteiger charge is 2.34. The molecule has 4 N–H and O–H groups in total. The quantitative estimate of drug-likeness (QED) is 0.382. The number of carbonyl (C=O) groups excluding carboxylic acids is 1. The molecule has 1 atom stereocenters. The van der Waals surface area contributed by atoms with E-state index >= 15 is 0 Å². The Hall–Kier alpha value is -1.70. The number of nitrogens with zero attached hydrogens (tertiary/aromatic N) is 2. The van der Waals surface area contributed by atoms with Crippen LogP contribution in [0.1, 0.15) is 37.4 Å². The first-order valence-corrected chi connectivity index (χ1v) is 7.04. The smallest absolute Gasteiger partial charge is 0.412 e. The van der Waals surface area contributed by atoms with Gasteiger partial charge in [-0.05, 0) is 31.5 Å². The van der Waals surface area contributed by atoms with Crippen LogP contribution < -0.4 is 11.5 Å². The number of benzene rings is 1. The lowest BCUT2D eigenvalue weighted by Crippen LogP contribution is -2.61. The molecule has 0 fully saturated rings. The third-order valence-corrected chi connectivity index (χ3v) is 3.29. The second-order valence-electron chi connectivity index (χ2n) is 5.93. The van der Waals surface area contributed by atoms with Crippen molar-refractivity contribution >= 4 is 17.7 Å². The van der Waals surface area contributed by atoms with E-state index in [0.29, 0.717) is 11.1 Å². The van der Waals surface area contributed by atoms with E-state index < -0.39 is 23.0 Å². The number of hydrogen-bond acceptors (Lipinski definition) is 6. The zero-order chi connectivity index (χ0) is 17.1. The van der Waals surface area contributed by atoms with Gasteiger partial charge in [0.15, 0.2) is 11.3 Å². The number of amides is 1. The van der Waals surface area contributed by atoms with Crippen LogP contribution in [0, 0.1) is 4.91 Å². The highest BCUT2D eigenvalue weighted by Crippen LogP contribution is 2.25. The molecule has 1 rings (SSSR count). The van der Waals surface area contributed by atoms with E-state index in [1.807, 2.05) is 0 Å². The molecule has 0 aliphatic rings. The first kappa shape index (κ1) is 18.3. The number of rotatable bonds is 4. The van der Waals surface area contributed by atoms with Crippen molar-refractivity contribution in [3.63, 3.8) is 0 Å². The summed E-state index contributed by atoms with van der Waals surface area (Å²) in [5.41, 5.74) is 11.4. The van der Waals surface area contributed by atoms with Crippen molar-refractivity contribution in [1.29, 1.82) is 0 Å². The fraction of sp³-hybridized carbons (Fsp3) is 0.500. The molecule has 0 aromatic heterocycles. The molecule has 1 aromatic carbocycles. The lowest BCUT2D eigenvalue weighted by atomic mass is 10.1. The first-order chi connectivity index (χ1) is 9.99. The Morgan fingerprint density at radius 1 is 1.27 bits per heavy atom. The largest absolute Gasteiger partial charge is 0.444 e. The Bertz CT molecular complexity index is 540. The summed E-state index contributed by atoms with van der Waals surface area (Å²) in [7, 11) is 1.44. The molecule has 0 radical (unpaired) electrons. The monoisotopic (exact) mass is 328 g/mol. The summed E-state index contributed by atoms with van der Waals surface area (Å²) in [5.74, 6) is -1.57. The van der Waals surface area contributed by atoms with Gasteiger partial charge < -0.3 is 4.74 Å². The maximum Gasteiger partial charge on any atom is 0.412 e. The Morgan fingerprint density at radius 3 is 2.18 bits per heavy atom. The number of hydrogen-bond donors (Lipinski definition) is 2. The van der Waals surface area contributed by atoms with Gasteiger partial charge in [0.1, 0.15) is 5.60 Å². The van der Waals surface area contributed by atoms with E-state index in [2.05, 4.69) is 5.18 Å².